The summed E-state index contributed by atoms with van der Waals surface area (Å²) in [5, 5.41) is 0.455. The number of fused-ring (bicyclic) bond motifs is 1. The fourth-order valence-electron chi connectivity index (χ4n) is 1.17. The molecule has 0 amide bonds. The first kappa shape index (κ1) is 9.62. The van der Waals surface area contributed by atoms with Crippen molar-refractivity contribution < 1.29 is 8.78 Å². The number of rotatable bonds is 0. The van der Waals surface area contributed by atoms with Crippen molar-refractivity contribution in [3.8, 4) is 0 Å². The molecule has 1 aromatic carbocycles. The van der Waals surface area contributed by atoms with E-state index in [2.05, 4.69) is 4.98 Å². The van der Waals surface area contributed by atoms with Gasteiger partial charge in [0.05, 0.1) is 10.0 Å². The summed E-state index contributed by atoms with van der Waals surface area (Å²) < 4.78 is 26.0. The molecule has 0 N–H and O–H groups in total. The predicted octanol–water partition coefficient (Wildman–Crippen LogP) is 3.82. The molecule has 0 aliphatic carbocycles. The van der Waals surface area contributed by atoms with Crippen molar-refractivity contribution in [1.29, 1.82) is 0 Å². The summed E-state index contributed by atoms with van der Waals surface area (Å²) >= 11 is 11.4. The monoisotopic (exact) mass is 233 g/mol. The zero-order valence-corrected chi connectivity index (χ0v) is 8.20. The van der Waals surface area contributed by atoms with Gasteiger partial charge in [-0.2, -0.15) is 0 Å². The van der Waals surface area contributed by atoms with E-state index in [1.54, 1.807) is 0 Å². The van der Waals surface area contributed by atoms with Gasteiger partial charge >= 0.3 is 0 Å². The predicted molar refractivity (Wildman–Crippen MR) is 51.7 cm³/mol. The van der Waals surface area contributed by atoms with Crippen LogP contribution in [0.15, 0.2) is 18.3 Å². The molecule has 14 heavy (non-hydrogen) atoms. The van der Waals surface area contributed by atoms with Crippen LogP contribution < -0.4 is 0 Å². The Morgan fingerprint density at radius 1 is 1.14 bits per heavy atom. The molecule has 1 aromatic heterocycles. The van der Waals surface area contributed by atoms with Crippen LogP contribution in [-0.2, 0) is 0 Å². The molecule has 0 bridgehead atoms. The van der Waals surface area contributed by atoms with Gasteiger partial charge < -0.3 is 0 Å². The van der Waals surface area contributed by atoms with Crippen LogP contribution in [0.3, 0.4) is 0 Å². The Hall–Kier alpha value is -0.930. The zero-order valence-electron chi connectivity index (χ0n) is 6.69. The molecule has 0 fully saturated rings. The lowest BCUT2D eigenvalue weighted by Gasteiger charge is -2.02. The molecule has 2 aromatic rings. The van der Waals surface area contributed by atoms with Gasteiger partial charge in [0.25, 0.3) is 0 Å². The van der Waals surface area contributed by atoms with E-state index < -0.39 is 11.6 Å². The number of hydrogen-bond donors (Lipinski definition) is 0. The van der Waals surface area contributed by atoms with E-state index in [9.17, 15) is 8.78 Å². The van der Waals surface area contributed by atoms with Crippen molar-refractivity contribution in [2.45, 2.75) is 0 Å². The van der Waals surface area contributed by atoms with Crippen LogP contribution in [0.5, 0.6) is 0 Å². The van der Waals surface area contributed by atoms with Crippen LogP contribution >= 0.6 is 23.2 Å². The van der Waals surface area contributed by atoms with Crippen LogP contribution in [0.4, 0.5) is 8.78 Å². The van der Waals surface area contributed by atoms with Crippen LogP contribution in [0.2, 0.25) is 10.0 Å². The molecule has 0 atom stereocenters. The molecule has 0 aliphatic rings. The third-order valence-corrected chi connectivity index (χ3v) is 2.57. The van der Waals surface area contributed by atoms with Crippen molar-refractivity contribution >= 4 is 34.1 Å². The maximum absolute atomic E-state index is 13.2. The normalized spacial score (nSPS) is 10.9. The molecule has 1 nitrogen and oxygen atoms in total. The maximum atomic E-state index is 13.2. The number of halogens is 4. The fraction of sp³-hybridized carbons (Fsp3) is 0. The first-order valence-electron chi connectivity index (χ1n) is 3.68. The number of aromatic nitrogens is 1. The van der Waals surface area contributed by atoms with Crippen LogP contribution in [0.25, 0.3) is 10.9 Å². The Balaban J connectivity index is 2.95. The van der Waals surface area contributed by atoms with Crippen molar-refractivity contribution in [3.63, 3.8) is 0 Å². The molecule has 0 unspecified atom stereocenters. The average molecular weight is 234 g/mol. The van der Waals surface area contributed by atoms with Crippen LogP contribution in [0.1, 0.15) is 0 Å². The maximum Gasteiger partial charge on any atom is 0.152 e. The largest absolute Gasteiger partial charge is 0.251 e. The minimum atomic E-state index is -0.751. The SMILES string of the molecule is Fc1cc(F)c2ncc(Cl)c(Cl)c2c1. The minimum Gasteiger partial charge on any atom is -0.251 e. The molecular formula is C9H3Cl2F2N. The summed E-state index contributed by atoms with van der Waals surface area (Å²) in [6.45, 7) is 0. The summed E-state index contributed by atoms with van der Waals surface area (Å²) in [6, 6.07) is 1.85. The molecule has 2 rings (SSSR count). The van der Waals surface area contributed by atoms with Crippen molar-refractivity contribution in [2.75, 3.05) is 0 Å². The molecule has 0 spiro atoms. The first-order valence-corrected chi connectivity index (χ1v) is 4.44. The van der Waals surface area contributed by atoms with Crippen LogP contribution in [-0.4, -0.2) is 4.98 Å². The number of hydrogen-bond acceptors (Lipinski definition) is 1. The first-order chi connectivity index (χ1) is 6.59. The highest BCUT2D eigenvalue weighted by atomic mass is 35.5. The van der Waals surface area contributed by atoms with E-state index in [1.165, 1.54) is 6.20 Å². The molecular weight excluding hydrogens is 231 g/mol. The lowest BCUT2D eigenvalue weighted by molar-refractivity contribution is 0.590. The van der Waals surface area contributed by atoms with Gasteiger partial charge in [-0.1, -0.05) is 23.2 Å². The van der Waals surface area contributed by atoms with E-state index in [0.29, 0.717) is 0 Å². The van der Waals surface area contributed by atoms with Gasteiger partial charge in [-0.15, -0.1) is 0 Å². The zero-order chi connectivity index (χ0) is 10.3. The highest BCUT2D eigenvalue weighted by Crippen LogP contribution is 2.30. The van der Waals surface area contributed by atoms with Gasteiger partial charge in [-0.25, -0.2) is 8.78 Å². The molecule has 0 saturated heterocycles. The van der Waals surface area contributed by atoms with E-state index >= 15 is 0 Å². The number of pyridine rings is 1. The highest BCUT2D eigenvalue weighted by Gasteiger charge is 2.10. The highest BCUT2D eigenvalue weighted by molar-refractivity contribution is 6.45. The van der Waals surface area contributed by atoms with E-state index in [1.807, 2.05) is 0 Å². The molecule has 5 heteroatoms. The smallest absolute Gasteiger partial charge is 0.152 e. The third kappa shape index (κ3) is 1.42. The standard InChI is InChI=1S/C9H3Cl2F2N/c10-6-3-14-9-5(8(6)11)1-4(12)2-7(9)13/h1-3H. The Kier molecular flexibility index (Phi) is 2.29. The van der Waals surface area contributed by atoms with Crippen molar-refractivity contribution in [3.05, 3.63) is 40.0 Å². The van der Waals surface area contributed by atoms with E-state index in [0.717, 1.165) is 12.1 Å². The molecule has 0 radical (unpaired) electrons. The lowest BCUT2D eigenvalue weighted by atomic mass is 10.2. The molecule has 72 valence electrons. The molecule has 0 aliphatic heterocycles. The average Bonchev–Trinajstić information content (AvgIpc) is 2.12. The van der Waals surface area contributed by atoms with Gasteiger partial charge in [0, 0.05) is 17.6 Å². The van der Waals surface area contributed by atoms with Gasteiger partial charge in [-0.05, 0) is 6.07 Å². The van der Waals surface area contributed by atoms with Gasteiger partial charge in [0.2, 0.25) is 0 Å². The Bertz CT molecular complexity index is 514. The Labute approximate surface area is 88.3 Å². The Morgan fingerprint density at radius 3 is 2.57 bits per heavy atom. The second-order valence-electron chi connectivity index (χ2n) is 2.70. The van der Waals surface area contributed by atoms with Crippen molar-refractivity contribution in [1.82, 2.24) is 4.98 Å². The lowest BCUT2D eigenvalue weighted by Crippen LogP contribution is -1.88. The summed E-state index contributed by atoms with van der Waals surface area (Å²) in [5.41, 5.74) is 0.0146. The second-order valence-corrected chi connectivity index (χ2v) is 3.49. The van der Waals surface area contributed by atoms with Crippen LogP contribution in [0, 0.1) is 11.6 Å². The number of benzene rings is 1. The quantitative estimate of drug-likeness (QED) is 0.675. The summed E-state index contributed by atoms with van der Waals surface area (Å²) in [4.78, 5) is 3.72. The summed E-state index contributed by atoms with van der Waals surface area (Å²) in [5.74, 6) is -1.46. The van der Waals surface area contributed by atoms with Gasteiger partial charge in [0.1, 0.15) is 11.3 Å². The second kappa shape index (κ2) is 3.33. The van der Waals surface area contributed by atoms with Crippen molar-refractivity contribution in [2.24, 2.45) is 0 Å². The van der Waals surface area contributed by atoms with E-state index in [4.69, 9.17) is 23.2 Å². The third-order valence-electron chi connectivity index (χ3n) is 1.78. The summed E-state index contributed by atoms with van der Waals surface area (Å²) in [7, 11) is 0. The summed E-state index contributed by atoms with van der Waals surface area (Å²) in [6.07, 6.45) is 1.23. The Morgan fingerprint density at radius 2 is 1.86 bits per heavy atom. The minimum absolute atomic E-state index is 0.0146. The molecule has 1 heterocycles. The van der Waals surface area contributed by atoms with E-state index in [-0.39, 0.29) is 20.9 Å². The molecule has 0 saturated carbocycles. The fourth-order valence-corrected chi connectivity index (χ4v) is 1.51. The number of nitrogens with zero attached hydrogens (tertiary/aromatic N) is 1. The van der Waals surface area contributed by atoms with Gasteiger partial charge in [0.15, 0.2) is 5.82 Å². The topological polar surface area (TPSA) is 12.9 Å². The van der Waals surface area contributed by atoms with Gasteiger partial charge in [-0.3, -0.25) is 4.98 Å².